The molecule has 0 N–H and O–H groups in total. The number of carbonyl (C=O) groups excluding carboxylic acids is 1. The Morgan fingerprint density at radius 3 is 2.13 bits per heavy atom. The van der Waals surface area contributed by atoms with Crippen LogP contribution in [-0.4, -0.2) is 25.5 Å². The van der Waals surface area contributed by atoms with Crippen molar-refractivity contribution in [3.05, 3.63) is 64.9 Å². The monoisotopic (exact) mass is 426 g/mol. The number of aromatic nitrogens is 4. The van der Waals surface area contributed by atoms with Crippen molar-refractivity contribution in [1.29, 1.82) is 5.26 Å². The molecule has 0 unspecified atom stereocenters. The normalized spacial score (nSPS) is 11.9. The summed E-state index contributed by atoms with van der Waals surface area (Å²) in [6.45, 7) is 0. The molecule has 30 heavy (non-hydrogen) atoms. The van der Waals surface area contributed by atoms with E-state index in [2.05, 4.69) is 15.1 Å². The third kappa shape index (κ3) is 3.79. The Balaban J connectivity index is 2.12. The number of hydrogen-bond acceptors (Lipinski definition) is 6. The lowest BCUT2D eigenvalue weighted by atomic mass is 10.0. The van der Waals surface area contributed by atoms with Crippen molar-refractivity contribution in [2.45, 2.75) is 12.4 Å². The largest absolute Gasteiger partial charge is 0.858 e. The molecular formula is C17H6F6N5O2-. The second kappa shape index (κ2) is 7.14. The first-order valence-electron chi connectivity index (χ1n) is 7.75. The maximum absolute atomic E-state index is 12.8. The molecule has 0 bridgehead atoms. The third-order valence-corrected chi connectivity index (χ3v) is 3.77. The van der Waals surface area contributed by atoms with Gasteiger partial charge in [0.15, 0.2) is 11.5 Å². The van der Waals surface area contributed by atoms with Crippen LogP contribution in [0.5, 0.6) is 5.88 Å². The van der Waals surface area contributed by atoms with E-state index in [-0.39, 0.29) is 0 Å². The highest BCUT2D eigenvalue weighted by atomic mass is 19.4. The highest BCUT2D eigenvalue weighted by Gasteiger charge is 2.34. The van der Waals surface area contributed by atoms with E-state index < -0.39 is 57.9 Å². The maximum atomic E-state index is 12.8. The summed E-state index contributed by atoms with van der Waals surface area (Å²) in [5, 5.41) is 25.3. The molecule has 0 radical (unpaired) electrons. The van der Waals surface area contributed by atoms with Crippen LogP contribution in [0.15, 0.2) is 36.7 Å². The van der Waals surface area contributed by atoms with Crippen LogP contribution in [-0.2, 0) is 12.4 Å². The summed E-state index contributed by atoms with van der Waals surface area (Å²) in [6.07, 6.45) is -8.28. The number of alkyl halides is 6. The molecule has 0 aliphatic heterocycles. The average Bonchev–Trinajstić information content (AvgIpc) is 3.02. The van der Waals surface area contributed by atoms with Gasteiger partial charge in [-0.3, -0.25) is 14.8 Å². The van der Waals surface area contributed by atoms with E-state index in [9.17, 15) is 36.2 Å². The minimum Gasteiger partial charge on any atom is -0.858 e. The summed E-state index contributed by atoms with van der Waals surface area (Å²) in [5.74, 6) is -2.54. The first-order chi connectivity index (χ1) is 13.9. The fraction of sp³-hybridized carbons (Fsp3) is 0.118. The topological polar surface area (TPSA) is 108 Å². The van der Waals surface area contributed by atoms with E-state index in [1.807, 2.05) is 0 Å². The van der Waals surface area contributed by atoms with Gasteiger partial charge in [-0.15, -0.1) is 0 Å². The number of nitriles is 1. The van der Waals surface area contributed by atoms with Crippen molar-refractivity contribution in [2.24, 2.45) is 0 Å². The Morgan fingerprint density at radius 1 is 1.00 bits per heavy atom. The number of rotatable bonds is 3. The van der Waals surface area contributed by atoms with Crippen molar-refractivity contribution in [3.63, 3.8) is 0 Å². The number of carbonyl (C=O) groups is 1. The van der Waals surface area contributed by atoms with E-state index in [4.69, 9.17) is 5.26 Å². The molecular weight excluding hydrogens is 420 g/mol. The van der Waals surface area contributed by atoms with Crippen molar-refractivity contribution in [2.75, 3.05) is 0 Å². The van der Waals surface area contributed by atoms with Gasteiger partial charge in [-0.1, -0.05) is 0 Å². The van der Waals surface area contributed by atoms with Gasteiger partial charge in [0, 0.05) is 23.8 Å². The molecule has 3 aromatic rings. The third-order valence-electron chi connectivity index (χ3n) is 3.77. The zero-order valence-electron chi connectivity index (χ0n) is 14.3. The lowest BCUT2D eigenvalue weighted by molar-refractivity contribution is -0.278. The molecule has 0 atom stereocenters. The zero-order chi connectivity index (χ0) is 22.3. The van der Waals surface area contributed by atoms with Gasteiger partial charge in [-0.05, 0) is 24.3 Å². The summed E-state index contributed by atoms with van der Waals surface area (Å²) >= 11 is 0. The fourth-order valence-corrected chi connectivity index (χ4v) is 2.44. The molecule has 3 heterocycles. The van der Waals surface area contributed by atoms with Crippen LogP contribution < -0.4 is 5.11 Å². The van der Waals surface area contributed by atoms with E-state index in [1.54, 1.807) is 0 Å². The molecule has 3 aromatic heterocycles. The zero-order valence-corrected chi connectivity index (χ0v) is 14.3. The molecule has 0 saturated carbocycles. The van der Waals surface area contributed by atoms with Crippen LogP contribution in [0, 0.1) is 11.3 Å². The second-order valence-electron chi connectivity index (χ2n) is 5.71. The SMILES string of the molecule is N#Cc1nn(-c2ccnc(C(F)(F)F)c2)c([O-])c1C(=O)c1ccnc(C(F)(F)F)c1. The highest BCUT2D eigenvalue weighted by Crippen LogP contribution is 2.32. The number of ketones is 1. The van der Waals surface area contributed by atoms with Crippen LogP contribution in [0.1, 0.15) is 33.0 Å². The second-order valence-corrected chi connectivity index (χ2v) is 5.71. The fourth-order valence-electron chi connectivity index (χ4n) is 2.44. The maximum Gasteiger partial charge on any atom is 0.433 e. The predicted molar refractivity (Wildman–Crippen MR) is 83.2 cm³/mol. The first kappa shape index (κ1) is 20.8. The molecule has 13 heteroatoms. The number of halogens is 6. The molecule has 0 saturated heterocycles. The lowest BCUT2D eigenvalue weighted by Gasteiger charge is -2.14. The van der Waals surface area contributed by atoms with Crippen molar-refractivity contribution in [1.82, 2.24) is 19.7 Å². The molecule has 154 valence electrons. The van der Waals surface area contributed by atoms with Crippen LogP contribution in [0.3, 0.4) is 0 Å². The summed E-state index contributed by atoms with van der Waals surface area (Å²) < 4.78 is 77.3. The number of nitrogens with zero attached hydrogens (tertiary/aromatic N) is 5. The molecule has 7 nitrogen and oxygen atoms in total. The Hall–Kier alpha value is -3.95. The van der Waals surface area contributed by atoms with E-state index >= 15 is 0 Å². The summed E-state index contributed by atoms with van der Waals surface area (Å²) in [7, 11) is 0. The first-order valence-corrected chi connectivity index (χ1v) is 7.75. The molecule has 0 aliphatic carbocycles. The van der Waals surface area contributed by atoms with Crippen molar-refractivity contribution in [3.8, 4) is 17.6 Å². The van der Waals surface area contributed by atoms with Gasteiger partial charge in [0.25, 0.3) is 0 Å². The van der Waals surface area contributed by atoms with Crippen molar-refractivity contribution < 1.29 is 36.2 Å². The molecule has 0 amide bonds. The number of pyridine rings is 2. The lowest BCUT2D eigenvalue weighted by Crippen LogP contribution is -2.13. The van der Waals surface area contributed by atoms with Crippen LogP contribution in [0.25, 0.3) is 5.69 Å². The molecule has 0 spiro atoms. The quantitative estimate of drug-likeness (QED) is 0.471. The van der Waals surface area contributed by atoms with Crippen LogP contribution in [0.4, 0.5) is 26.3 Å². The molecule has 0 fully saturated rings. The van der Waals surface area contributed by atoms with Gasteiger partial charge in [0.05, 0.1) is 11.3 Å². The smallest absolute Gasteiger partial charge is 0.433 e. The van der Waals surface area contributed by atoms with E-state index in [0.717, 1.165) is 18.3 Å². The Bertz CT molecular complexity index is 1180. The van der Waals surface area contributed by atoms with Gasteiger partial charge in [0.2, 0.25) is 0 Å². The van der Waals surface area contributed by atoms with Crippen LogP contribution >= 0.6 is 0 Å². The Kier molecular flexibility index (Phi) is 4.94. The standard InChI is InChI=1S/C17H7F6N5O2/c18-16(19,20)11-5-8(1-3-25-11)14(29)13-10(7-24)27-28(15(13)30)9-2-4-26-12(6-9)17(21,22)23/h1-6,30H/p-1. The Labute approximate surface area is 162 Å². The van der Waals surface area contributed by atoms with Crippen LogP contribution in [0.2, 0.25) is 0 Å². The average molecular weight is 426 g/mol. The predicted octanol–water partition coefficient (Wildman–Crippen LogP) is 2.88. The summed E-state index contributed by atoms with van der Waals surface area (Å²) in [5.41, 5.74) is -5.46. The number of hydrogen-bond donors (Lipinski definition) is 0. The van der Waals surface area contributed by atoms with Gasteiger partial charge in [-0.25, -0.2) is 4.68 Å². The summed E-state index contributed by atoms with van der Waals surface area (Å²) in [4.78, 5) is 18.8. The van der Waals surface area contributed by atoms with Gasteiger partial charge < -0.3 is 5.11 Å². The molecule has 0 aromatic carbocycles. The van der Waals surface area contributed by atoms with Gasteiger partial charge in [-0.2, -0.15) is 36.7 Å². The molecule has 3 rings (SSSR count). The van der Waals surface area contributed by atoms with Gasteiger partial charge >= 0.3 is 12.4 Å². The Morgan fingerprint density at radius 2 is 1.57 bits per heavy atom. The summed E-state index contributed by atoms with van der Waals surface area (Å²) in [6, 6.07) is 4.16. The highest BCUT2D eigenvalue weighted by molar-refractivity contribution is 6.11. The van der Waals surface area contributed by atoms with Crippen molar-refractivity contribution >= 4 is 5.78 Å². The minimum atomic E-state index is -4.87. The van der Waals surface area contributed by atoms with E-state index in [0.29, 0.717) is 23.0 Å². The molecule has 0 aliphatic rings. The van der Waals surface area contributed by atoms with Gasteiger partial charge in [0.1, 0.15) is 17.5 Å². The van der Waals surface area contributed by atoms with E-state index in [1.165, 1.54) is 6.07 Å². The minimum absolute atomic E-state index is 0.370.